The molecule has 0 aliphatic rings. The van der Waals surface area contributed by atoms with Gasteiger partial charge in [0.1, 0.15) is 6.07 Å². The van der Waals surface area contributed by atoms with Crippen LogP contribution < -0.4 is 5.73 Å². The number of nitrogens with zero attached hydrogens (tertiary/aromatic N) is 1. The number of nitriles is 1. The molecule has 74 valence electrons. The van der Waals surface area contributed by atoms with Crippen molar-refractivity contribution in [3.63, 3.8) is 0 Å². The number of nitrogen functional groups attached to an aromatic ring is 1. The summed E-state index contributed by atoms with van der Waals surface area (Å²) in [6, 6.07) is 7.34. The van der Waals surface area contributed by atoms with Crippen molar-refractivity contribution in [1.82, 2.24) is 0 Å². The zero-order valence-electron chi connectivity index (χ0n) is 7.90. The minimum Gasteiger partial charge on any atom is -0.398 e. The number of hydrogen-bond donors (Lipinski definition) is 2. The molecule has 0 saturated heterocycles. The molecule has 0 amide bonds. The van der Waals surface area contributed by atoms with Gasteiger partial charge < -0.3 is 10.8 Å². The maximum Gasteiger partial charge on any atom is 0.101 e. The van der Waals surface area contributed by atoms with Crippen LogP contribution in [0.15, 0.2) is 23.1 Å². The monoisotopic (exact) mass is 208 g/mol. The number of anilines is 1. The van der Waals surface area contributed by atoms with Crippen LogP contribution in [0.2, 0.25) is 0 Å². The highest BCUT2D eigenvalue weighted by atomic mass is 32.2. The second kappa shape index (κ2) is 4.89. The van der Waals surface area contributed by atoms with Gasteiger partial charge in [0.15, 0.2) is 0 Å². The van der Waals surface area contributed by atoms with Crippen LogP contribution in [0.3, 0.4) is 0 Å². The first-order valence-corrected chi connectivity index (χ1v) is 5.12. The van der Waals surface area contributed by atoms with Crippen LogP contribution in [0.4, 0.5) is 5.69 Å². The summed E-state index contributed by atoms with van der Waals surface area (Å²) in [5.74, 6) is 0. The topological polar surface area (TPSA) is 70.0 Å². The van der Waals surface area contributed by atoms with Crippen molar-refractivity contribution in [2.75, 3.05) is 12.3 Å². The molecule has 0 heterocycles. The fourth-order valence-electron chi connectivity index (χ4n) is 0.975. The van der Waals surface area contributed by atoms with Gasteiger partial charge in [-0.15, -0.1) is 11.8 Å². The molecule has 1 aromatic rings. The molecule has 14 heavy (non-hydrogen) atoms. The Morgan fingerprint density at radius 2 is 2.36 bits per heavy atom. The smallest absolute Gasteiger partial charge is 0.101 e. The Morgan fingerprint density at radius 1 is 1.64 bits per heavy atom. The van der Waals surface area contributed by atoms with Gasteiger partial charge in [0.05, 0.1) is 12.2 Å². The molecule has 0 aliphatic heterocycles. The lowest BCUT2D eigenvalue weighted by atomic mass is 10.2. The Kier molecular flexibility index (Phi) is 3.81. The van der Waals surface area contributed by atoms with E-state index in [1.165, 1.54) is 11.8 Å². The number of rotatable bonds is 3. The molecule has 1 atom stereocenters. The molecule has 0 spiro atoms. The van der Waals surface area contributed by atoms with Crippen LogP contribution in [0, 0.1) is 11.3 Å². The van der Waals surface area contributed by atoms with Gasteiger partial charge in [0.2, 0.25) is 0 Å². The number of thioether (sulfide) groups is 1. The van der Waals surface area contributed by atoms with E-state index in [0.29, 0.717) is 11.3 Å². The van der Waals surface area contributed by atoms with Gasteiger partial charge in [-0.3, -0.25) is 0 Å². The Bertz CT molecular complexity index is 360. The number of nitrogens with two attached hydrogens (primary N) is 1. The zero-order valence-corrected chi connectivity index (χ0v) is 8.71. The highest BCUT2D eigenvalue weighted by Gasteiger charge is 2.05. The maximum absolute atomic E-state index is 8.87. The average molecular weight is 208 g/mol. The normalized spacial score (nSPS) is 12.1. The van der Waals surface area contributed by atoms with E-state index < -0.39 is 0 Å². The van der Waals surface area contributed by atoms with Crippen LogP contribution in [0.25, 0.3) is 0 Å². The first-order valence-electron chi connectivity index (χ1n) is 4.24. The third-order valence-corrected chi connectivity index (χ3v) is 2.82. The minimum atomic E-state index is 0.122. The molecule has 0 aliphatic carbocycles. The van der Waals surface area contributed by atoms with Gasteiger partial charge in [-0.25, -0.2) is 0 Å². The van der Waals surface area contributed by atoms with Crippen molar-refractivity contribution in [3.05, 3.63) is 23.8 Å². The Morgan fingerprint density at radius 3 is 2.93 bits per heavy atom. The molecule has 1 aromatic carbocycles. The summed E-state index contributed by atoms with van der Waals surface area (Å²) in [4.78, 5) is 0.956. The van der Waals surface area contributed by atoms with Gasteiger partial charge in [-0.1, -0.05) is 6.92 Å². The number of aliphatic hydroxyl groups is 1. The van der Waals surface area contributed by atoms with Crippen LogP contribution in [0.1, 0.15) is 12.5 Å². The number of benzene rings is 1. The van der Waals surface area contributed by atoms with Crippen LogP contribution >= 0.6 is 11.8 Å². The predicted molar refractivity (Wildman–Crippen MR) is 58.0 cm³/mol. The molecule has 4 heteroatoms. The molecule has 0 saturated carbocycles. The van der Waals surface area contributed by atoms with Crippen LogP contribution in [-0.4, -0.2) is 17.0 Å². The van der Waals surface area contributed by atoms with E-state index in [4.69, 9.17) is 16.1 Å². The van der Waals surface area contributed by atoms with Crippen LogP contribution in [-0.2, 0) is 0 Å². The molecule has 3 N–H and O–H groups in total. The average Bonchev–Trinajstić information content (AvgIpc) is 2.20. The molecule has 0 fully saturated rings. The quantitative estimate of drug-likeness (QED) is 0.585. The van der Waals surface area contributed by atoms with E-state index in [9.17, 15) is 0 Å². The van der Waals surface area contributed by atoms with Crippen molar-refractivity contribution < 1.29 is 5.11 Å². The molecular weight excluding hydrogens is 196 g/mol. The van der Waals surface area contributed by atoms with Gasteiger partial charge in [-0.05, 0) is 18.2 Å². The lowest BCUT2D eigenvalue weighted by Crippen LogP contribution is -2.01. The van der Waals surface area contributed by atoms with E-state index >= 15 is 0 Å². The first kappa shape index (κ1) is 10.9. The second-order valence-corrected chi connectivity index (χ2v) is 4.48. The summed E-state index contributed by atoms with van der Waals surface area (Å²) in [7, 11) is 0. The molecule has 1 unspecified atom stereocenters. The van der Waals surface area contributed by atoms with Gasteiger partial charge >= 0.3 is 0 Å². The van der Waals surface area contributed by atoms with Gasteiger partial charge in [0.25, 0.3) is 0 Å². The SMILES string of the molecule is CC(CO)Sc1ccc(N)c(C#N)c1. The van der Waals surface area contributed by atoms with E-state index in [1.54, 1.807) is 12.1 Å². The summed E-state index contributed by atoms with van der Waals surface area (Å²) < 4.78 is 0. The second-order valence-electron chi connectivity index (χ2n) is 2.97. The molecule has 0 aromatic heterocycles. The van der Waals surface area contributed by atoms with Gasteiger partial charge in [0, 0.05) is 15.8 Å². The van der Waals surface area contributed by atoms with Crippen molar-refractivity contribution >= 4 is 17.4 Å². The van der Waals surface area contributed by atoms with E-state index in [1.807, 2.05) is 19.1 Å². The van der Waals surface area contributed by atoms with Crippen molar-refractivity contribution in [3.8, 4) is 6.07 Å². The zero-order chi connectivity index (χ0) is 10.6. The first-order chi connectivity index (χ1) is 6.67. The summed E-state index contributed by atoms with van der Waals surface area (Å²) in [5, 5.41) is 17.7. The third kappa shape index (κ3) is 2.66. The lowest BCUT2D eigenvalue weighted by Gasteiger charge is -2.08. The highest BCUT2D eigenvalue weighted by molar-refractivity contribution is 8.00. The summed E-state index contributed by atoms with van der Waals surface area (Å²) >= 11 is 1.53. The lowest BCUT2D eigenvalue weighted by molar-refractivity contribution is 0.300. The Hall–Kier alpha value is -1.18. The summed E-state index contributed by atoms with van der Waals surface area (Å²) in [5.41, 5.74) is 6.56. The molecule has 3 nitrogen and oxygen atoms in total. The van der Waals surface area contributed by atoms with Crippen molar-refractivity contribution in [2.45, 2.75) is 17.1 Å². The van der Waals surface area contributed by atoms with E-state index in [0.717, 1.165) is 4.90 Å². The molecular formula is C10H12N2OS. The largest absolute Gasteiger partial charge is 0.398 e. The maximum atomic E-state index is 8.87. The fourth-order valence-corrected chi connectivity index (χ4v) is 1.85. The van der Waals surface area contributed by atoms with Crippen molar-refractivity contribution in [1.29, 1.82) is 5.26 Å². The summed E-state index contributed by atoms with van der Waals surface area (Å²) in [6.07, 6.45) is 0. The summed E-state index contributed by atoms with van der Waals surface area (Å²) in [6.45, 7) is 2.05. The predicted octanol–water partition coefficient (Wildman–Crippen LogP) is 1.61. The molecule has 0 bridgehead atoms. The van der Waals surface area contributed by atoms with E-state index in [2.05, 4.69) is 0 Å². The number of hydrogen-bond acceptors (Lipinski definition) is 4. The molecule has 1 rings (SSSR count). The Labute approximate surface area is 87.5 Å². The number of aliphatic hydroxyl groups excluding tert-OH is 1. The van der Waals surface area contributed by atoms with Gasteiger partial charge in [-0.2, -0.15) is 5.26 Å². The Balaban J connectivity index is 2.86. The highest BCUT2D eigenvalue weighted by Crippen LogP contribution is 2.25. The van der Waals surface area contributed by atoms with Crippen LogP contribution in [0.5, 0.6) is 0 Å². The minimum absolute atomic E-state index is 0.122. The standard InChI is InChI=1S/C10H12N2OS/c1-7(6-13)14-9-2-3-10(12)8(4-9)5-11/h2-4,7,13H,6,12H2,1H3. The van der Waals surface area contributed by atoms with Crippen molar-refractivity contribution in [2.24, 2.45) is 0 Å². The fraction of sp³-hybridized carbons (Fsp3) is 0.300. The third-order valence-electron chi connectivity index (χ3n) is 1.74. The van der Waals surface area contributed by atoms with E-state index in [-0.39, 0.29) is 11.9 Å². The molecule has 0 radical (unpaired) electrons.